The maximum atomic E-state index is 9.45. The van der Waals surface area contributed by atoms with Crippen molar-refractivity contribution in [3.05, 3.63) is 35.7 Å². The van der Waals surface area contributed by atoms with Crippen LogP contribution in [0, 0.1) is 0 Å². The van der Waals surface area contributed by atoms with Gasteiger partial charge >= 0.3 is 0 Å². The van der Waals surface area contributed by atoms with Crippen LogP contribution in [0.25, 0.3) is 11.4 Å². The van der Waals surface area contributed by atoms with Crippen molar-refractivity contribution in [2.45, 2.75) is 38.8 Å². The molecule has 3 rings (SSSR count). The topological polar surface area (TPSA) is 62.4 Å². The summed E-state index contributed by atoms with van der Waals surface area (Å²) in [5.41, 5.74) is 2.19. The van der Waals surface area contributed by atoms with Gasteiger partial charge in [-0.2, -0.15) is 4.98 Å². The summed E-state index contributed by atoms with van der Waals surface area (Å²) >= 11 is 0. The lowest BCUT2D eigenvalue weighted by Crippen LogP contribution is -2.29. The Labute approximate surface area is 124 Å². The summed E-state index contributed by atoms with van der Waals surface area (Å²) in [4.78, 5) is 6.71. The van der Waals surface area contributed by atoms with Crippen LogP contribution in [-0.4, -0.2) is 33.2 Å². The van der Waals surface area contributed by atoms with Crippen LogP contribution in [0.15, 0.2) is 28.8 Å². The number of aromatic nitrogens is 2. The quantitative estimate of drug-likeness (QED) is 0.937. The van der Waals surface area contributed by atoms with Crippen LogP contribution in [0.2, 0.25) is 0 Å². The highest BCUT2D eigenvalue weighted by Crippen LogP contribution is 2.21. The van der Waals surface area contributed by atoms with Crippen LogP contribution in [0.1, 0.15) is 43.7 Å². The smallest absolute Gasteiger partial charge is 0.255 e. The van der Waals surface area contributed by atoms with Gasteiger partial charge in [0.15, 0.2) is 0 Å². The molecule has 1 unspecified atom stereocenters. The molecule has 1 aromatic carbocycles. The van der Waals surface area contributed by atoms with E-state index in [0.29, 0.717) is 5.82 Å². The largest absolute Gasteiger partial charge is 0.384 e. The summed E-state index contributed by atoms with van der Waals surface area (Å²) in [5, 5.41) is 13.4. The molecule has 0 aliphatic carbocycles. The first-order chi connectivity index (χ1) is 10.2. The molecule has 1 atom stereocenters. The van der Waals surface area contributed by atoms with E-state index in [0.717, 1.165) is 12.1 Å². The molecule has 1 aromatic heterocycles. The van der Waals surface area contributed by atoms with Crippen LogP contribution in [0.5, 0.6) is 0 Å². The lowest BCUT2D eigenvalue weighted by atomic mass is 10.1. The average molecular weight is 287 g/mol. The zero-order valence-electron chi connectivity index (χ0n) is 12.3. The van der Waals surface area contributed by atoms with E-state index in [2.05, 4.69) is 27.2 Å². The van der Waals surface area contributed by atoms with Gasteiger partial charge in [-0.15, -0.1) is 0 Å². The Hall–Kier alpha value is -1.72. The normalized spacial score (nSPS) is 17.8. The zero-order chi connectivity index (χ0) is 14.7. The number of benzene rings is 1. The third-order valence-corrected chi connectivity index (χ3v) is 3.84. The van der Waals surface area contributed by atoms with E-state index in [4.69, 9.17) is 4.52 Å². The molecule has 112 valence electrons. The fraction of sp³-hybridized carbons (Fsp3) is 0.500. The molecule has 5 heteroatoms. The Morgan fingerprint density at radius 2 is 2.10 bits per heavy atom. The van der Waals surface area contributed by atoms with Gasteiger partial charge in [-0.25, -0.2) is 0 Å². The van der Waals surface area contributed by atoms with Crippen molar-refractivity contribution in [1.29, 1.82) is 0 Å². The highest BCUT2D eigenvalue weighted by molar-refractivity contribution is 5.55. The van der Waals surface area contributed by atoms with Crippen molar-refractivity contribution in [2.75, 3.05) is 13.1 Å². The summed E-state index contributed by atoms with van der Waals surface area (Å²) in [5.74, 6) is 0.790. The number of piperidine rings is 1. The Morgan fingerprint density at radius 3 is 2.81 bits per heavy atom. The molecule has 5 nitrogen and oxygen atoms in total. The van der Waals surface area contributed by atoms with Crippen molar-refractivity contribution in [2.24, 2.45) is 0 Å². The number of hydrogen-bond donors (Lipinski definition) is 1. The molecular formula is C16H21N3O2. The van der Waals surface area contributed by atoms with Gasteiger partial charge in [-0.05, 0) is 44.5 Å². The Bertz CT molecular complexity index is 589. The van der Waals surface area contributed by atoms with Crippen LogP contribution in [0.3, 0.4) is 0 Å². The molecule has 0 spiro atoms. The molecule has 2 heterocycles. The number of aliphatic hydroxyl groups is 1. The van der Waals surface area contributed by atoms with Crippen molar-refractivity contribution >= 4 is 0 Å². The Morgan fingerprint density at radius 1 is 1.29 bits per heavy atom. The van der Waals surface area contributed by atoms with E-state index in [-0.39, 0.29) is 5.89 Å². The summed E-state index contributed by atoms with van der Waals surface area (Å²) in [6.07, 6.45) is 3.20. The van der Waals surface area contributed by atoms with Gasteiger partial charge in [-0.1, -0.05) is 29.8 Å². The van der Waals surface area contributed by atoms with Crippen LogP contribution in [0.4, 0.5) is 0 Å². The van der Waals surface area contributed by atoms with Gasteiger partial charge in [0.25, 0.3) is 5.89 Å². The lowest BCUT2D eigenvalue weighted by Gasteiger charge is -2.26. The minimum absolute atomic E-state index is 0.256. The van der Waals surface area contributed by atoms with E-state index in [1.807, 2.05) is 12.1 Å². The molecule has 0 radical (unpaired) electrons. The predicted molar refractivity (Wildman–Crippen MR) is 79.5 cm³/mol. The zero-order valence-corrected chi connectivity index (χ0v) is 12.3. The fourth-order valence-electron chi connectivity index (χ4n) is 2.71. The third-order valence-electron chi connectivity index (χ3n) is 3.84. The summed E-state index contributed by atoms with van der Waals surface area (Å²) in [7, 11) is 0. The monoisotopic (exact) mass is 287 g/mol. The van der Waals surface area contributed by atoms with Crippen LogP contribution < -0.4 is 0 Å². The number of aliphatic hydroxyl groups excluding tert-OH is 1. The molecular weight excluding hydrogens is 266 g/mol. The van der Waals surface area contributed by atoms with Gasteiger partial charge in [0.1, 0.15) is 6.10 Å². The molecule has 1 saturated heterocycles. The van der Waals surface area contributed by atoms with E-state index in [1.54, 1.807) is 6.92 Å². The van der Waals surface area contributed by atoms with E-state index >= 15 is 0 Å². The number of nitrogens with zero attached hydrogens (tertiary/aromatic N) is 3. The average Bonchev–Trinajstić information content (AvgIpc) is 2.99. The molecule has 2 aromatic rings. The third kappa shape index (κ3) is 3.49. The predicted octanol–water partition coefficient (Wildman–Crippen LogP) is 2.78. The summed E-state index contributed by atoms with van der Waals surface area (Å²) < 4.78 is 5.05. The number of hydrogen-bond acceptors (Lipinski definition) is 5. The molecule has 1 fully saturated rings. The highest BCUT2D eigenvalue weighted by Gasteiger charge is 2.14. The fourth-order valence-corrected chi connectivity index (χ4v) is 2.71. The number of rotatable bonds is 4. The van der Waals surface area contributed by atoms with E-state index in [9.17, 15) is 5.11 Å². The van der Waals surface area contributed by atoms with Gasteiger partial charge in [0, 0.05) is 12.1 Å². The summed E-state index contributed by atoms with van der Waals surface area (Å²) in [6.45, 7) is 4.94. The SMILES string of the molecule is CC(O)c1nc(-c2cccc(CN3CCCCC3)c2)no1. The van der Waals surface area contributed by atoms with Crippen molar-refractivity contribution in [3.8, 4) is 11.4 Å². The van der Waals surface area contributed by atoms with Crippen LogP contribution in [-0.2, 0) is 6.54 Å². The van der Waals surface area contributed by atoms with Gasteiger partial charge in [0.2, 0.25) is 5.82 Å². The second kappa shape index (κ2) is 6.37. The maximum absolute atomic E-state index is 9.45. The maximum Gasteiger partial charge on any atom is 0.255 e. The van der Waals surface area contributed by atoms with Crippen molar-refractivity contribution in [1.82, 2.24) is 15.0 Å². The highest BCUT2D eigenvalue weighted by atomic mass is 16.5. The molecule has 1 aliphatic heterocycles. The molecule has 1 aliphatic rings. The van der Waals surface area contributed by atoms with Gasteiger partial charge in [-0.3, -0.25) is 4.90 Å². The first-order valence-corrected chi connectivity index (χ1v) is 7.56. The Balaban J connectivity index is 1.75. The van der Waals surface area contributed by atoms with E-state index in [1.165, 1.54) is 37.9 Å². The minimum atomic E-state index is -0.734. The Kier molecular flexibility index (Phi) is 4.31. The standard InChI is InChI=1S/C16H21N3O2/c1-12(20)16-17-15(18-21-16)14-7-5-6-13(10-14)11-19-8-3-2-4-9-19/h5-7,10,12,20H,2-4,8-9,11H2,1H3. The first kappa shape index (κ1) is 14.2. The molecule has 1 N–H and O–H groups in total. The van der Waals surface area contributed by atoms with Gasteiger partial charge < -0.3 is 9.63 Å². The van der Waals surface area contributed by atoms with Crippen LogP contribution >= 0.6 is 0 Å². The second-order valence-electron chi connectivity index (χ2n) is 5.67. The minimum Gasteiger partial charge on any atom is -0.384 e. The van der Waals surface area contributed by atoms with Gasteiger partial charge in [0.05, 0.1) is 0 Å². The van der Waals surface area contributed by atoms with Crippen molar-refractivity contribution < 1.29 is 9.63 Å². The first-order valence-electron chi connectivity index (χ1n) is 7.56. The second-order valence-corrected chi connectivity index (χ2v) is 5.67. The summed E-state index contributed by atoms with van der Waals surface area (Å²) in [6, 6.07) is 8.22. The lowest BCUT2D eigenvalue weighted by molar-refractivity contribution is 0.152. The molecule has 0 bridgehead atoms. The molecule has 0 amide bonds. The van der Waals surface area contributed by atoms with Crippen molar-refractivity contribution in [3.63, 3.8) is 0 Å². The molecule has 0 saturated carbocycles. The number of likely N-dealkylation sites (tertiary alicyclic amines) is 1. The van der Waals surface area contributed by atoms with E-state index < -0.39 is 6.10 Å². The molecule has 21 heavy (non-hydrogen) atoms.